The number of para-hydroxylation sites is 1. The predicted molar refractivity (Wildman–Crippen MR) is 81.8 cm³/mol. The van der Waals surface area contributed by atoms with Gasteiger partial charge in [-0.1, -0.05) is 30.8 Å². The van der Waals surface area contributed by atoms with Gasteiger partial charge in [0.15, 0.2) is 0 Å². The minimum Gasteiger partial charge on any atom is -0.416 e. The number of nitrogens with zero attached hydrogens (tertiary/aromatic N) is 2. The molecule has 2 aromatic rings. The van der Waals surface area contributed by atoms with E-state index in [1.165, 1.54) is 11.8 Å². The van der Waals surface area contributed by atoms with Gasteiger partial charge >= 0.3 is 0 Å². The summed E-state index contributed by atoms with van der Waals surface area (Å²) in [6, 6.07) is 7.46. The summed E-state index contributed by atoms with van der Waals surface area (Å²) in [6.45, 7) is 2.04. The number of amides is 1. The van der Waals surface area contributed by atoms with Crippen LogP contribution in [0.25, 0.3) is 0 Å². The summed E-state index contributed by atoms with van der Waals surface area (Å²) < 4.78 is 6.25. The molecule has 0 radical (unpaired) electrons. The van der Waals surface area contributed by atoms with E-state index in [4.69, 9.17) is 4.42 Å². The Balaban J connectivity index is 1.84. The van der Waals surface area contributed by atoms with Crippen LogP contribution in [-0.2, 0) is 11.2 Å². The maximum absolute atomic E-state index is 11.8. The molecule has 20 heavy (non-hydrogen) atoms. The van der Waals surface area contributed by atoms with Crippen molar-refractivity contribution in [2.45, 2.75) is 25.0 Å². The number of anilines is 1. The zero-order chi connectivity index (χ0) is 14.4. The minimum absolute atomic E-state index is 0.114. The SMILES string of the molecule is CCCc1nnc(SCC(=O)Nc2ccccc2Br)o1. The Hall–Kier alpha value is -1.34. The summed E-state index contributed by atoms with van der Waals surface area (Å²) in [5.74, 6) is 0.730. The molecule has 1 amide bonds. The number of thioether (sulfide) groups is 1. The lowest BCUT2D eigenvalue weighted by Gasteiger charge is -2.05. The van der Waals surface area contributed by atoms with Crippen molar-refractivity contribution in [1.82, 2.24) is 10.2 Å². The summed E-state index contributed by atoms with van der Waals surface area (Å²) in [5.41, 5.74) is 0.746. The summed E-state index contributed by atoms with van der Waals surface area (Å²) in [4.78, 5) is 11.8. The highest BCUT2D eigenvalue weighted by molar-refractivity contribution is 9.10. The van der Waals surface area contributed by atoms with Crippen LogP contribution in [0.1, 0.15) is 19.2 Å². The number of hydrogen-bond donors (Lipinski definition) is 1. The lowest BCUT2D eigenvalue weighted by Crippen LogP contribution is -2.14. The monoisotopic (exact) mass is 355 g/mol. The molecular formula is C13H14BrN3O2S. The van der Waals surface area contributed by atoms with Gasteiger partial charge < -0.3 is 9.73 Å². The number of carbonyl (C=O) groups is 1. The molecule has 0 fully saturated rings. The molecule has 1 aromatic carbocycles. The number of benzene rings is 1. The Morgan fingerprint density at radius 2 is 2.20 bits per heavy atom. The smallest absolute Gasteiger partial charge is 0.277 e. The predicted octanol–water partition coefficient (Wildman–Crippen LogP) is 3.52. The Morgan fingerprint density at radius 1 is 1.40 bits per heavy atom. The van der Waals surface area contributed by atoms with E-state index in [-0.39, 0.29) is 11.7 Å². The molecule has 0 atom stereocenters. The first-order valence-electron chi connectivity index (χ1n) is 6.18. The Morgan fingerprint density at radius 3 is 2.95 bits per heavy atom. The number of halogens is 1. The molecular weight excluding hydrogens is 342 g/mol. The van der Waals surface area contributed by atoms with Gasteiger partial charge in [-0.2, -0.15) is 0 Å². The molecule has 2 rings (SSSR count). The zero-order valence-corrected chi connectivity index (χ0v) is 13.3. The molecule has 0 saturated carbocycles. The van der Waals surface area contributed by atoms with Crippen LogP contribution in [0.2, 0.25) is 0 Å². The summed E-state index contributed by atoms with van der Waals surface area (Å²) in [5, 5.41) is 11.0. The van der Waals surface area contributed by atoms with E-state index in [9.17, 15) is 4.79 Å². The van der Waals surface area contributed by atoms with Crippen LogP contribution in [0.5, 0.6) is 0 Å². The minimum atomic E-state index is -0.114. The molecule has 0 bridgehead atoms. The third kappa shape index (κ3) is 4.35. The molecule has 0 saturated heterocycles. The second-order valence-electron chi connectivity index (χ2n) is 4.03. The topological polar surface area (TPSA) is 68.0 Å². The number of carbonyl (C=O) groups excluding carboxylic acids is 1. The first-order valence-corrected chi connectivity index (χ1v) is 7.96. The van der Waals surface area contributed by atoms with Crippen molar-refractivity contribution in [3.63, 3.8) is 0 Å². The zero-order valence-electron chi connectivity index (χ0n) is 10.9. The standard InChI is InChI=1S/C13H14BrN3O2S/c1-2-5-12-16-17-13(19-12)20-8-11(18)15-10-7-4-3-6-9(10)14/h3-4,6-7H,2,5,8H2,1H3,(H,15,18). The normalized spacial score (nSPS) is 10.5. The van der Waals surface area contributed by atoms with E-state index in [0.717, 1.165) is 23.0 Å². The van der Waals surface area contributed by atoms with E-state index >= 15 is 0 Å². The van der Waals surface area contributed by atoms with Crippen LogP contribution < -0.4 is 5.32 Å². The van der Waals surface area contributed by atoms with Crippen LogP contribution in [0.15, 0.2) is 38.4 Å². The molecule has 0 unspecified atom stereocenters. The number of aromatic nitrogens is 2. The Bertz CT molecular complexity index is 589. The van der Waals surface area contributed by atoms with E-state index < -0.39 is 0 Å². The fraction of sp³-hybridized carbons (Fsp3) is 0.308. The summed E-state index contributed by atoms with van der Waals surface area (Å²) >= 11 is 4.61. The van der Waals surface area contributed by atoms with E-state index in [0.29, 0.717) is 11.1 Å². The molecule has 1 aromatic heterocycles. The van der Waals surface area contributed by atoms with Crippen molar-refractivity contribution in [3.8, 4) is 0 Å². The van der Waals surface area contributed by atoms with Gasteiger partial charge in [0.25, 0.3) is 5.22 Å². The summed E-state index contributed by atoms with van der Waals surface area (Å²) in [7, 11) is 0. The summed E-state index contributed by atoms with van der Waals surface area (Å²) in [6.07, 6.45) is 1.71. The molecule has 7 heteroatoms. The van der Waals surface area contributed by atoms with Crippen LogP contribution in [-0.4, -0.2) is 21.9 Å². The lowest BCUT2D eigenvalue weighted by molar-refractivity contribution is -0.113. The lowest BCUT2D eigenvalue weighted by atomic mass is 10.3. The van der Waals surface area contributed by atoms with Crippen molar-refractivity contribution in [2.24, 2.45) is 0 Å². The van der Waals surface area contributed by atoms with Crippen LogP contribution in [0.4, 0.5) is 5.69 Å². The van der Waals surface area contributed by atoms with E-state index in [1.807, 2.05) is 31.2 Å². The van der Waals surface area contributed by atoms with Crippen molar-refractivity contribution in [2.75, 3.05) is 11.1 Å². The number of hydrogen-bond acceptors (Lipinski definition) is 5. The van der Waals surface area contributed by atoms with Gasteiger partial charge in [-0.15, -0.1) is 10.2 Å². The fourth-order valence-corrected chi connectivity index (χ4v) is 2.45. The van der Waals surface area contributed by atoms with Crippen molar-refractivity contribution in [1.29, 1.82) is 0 Å². The van der Waals surface area contributed by atoms with Gasteiger partial charge in [-0.25, -0.2) is 0 Å². The average Bonchev–Trinajstić information content (AvgIpc) is 2.87. The maximum atomic E-state index is 11.8. The van der Waals surface area contributed by atoms with Gasteiger partial charge in [0.1, 0.15) is 0 Å². The quantitative estimate of drug-likeness (QED) is 0.803. The Kier molecular flexibility index (Phi) is 5.60. The second kappa shape index (κ2) is 7.44. The highest BCUT2D eigenvalue weighted by Gasteiger charge is 2.10. The van der Waals surface area contributed by atoms with Crippen molar-refractivity contribution in [3.05, 3.63) is 34.6 Å². The largest absolute Gasteiger partial charge is 0.416 e. The second-order valence-corrected chi connectivity index (χ2v) is 5.81. The number of nitrogens with one attached hydrogen (secondary N) is 1. The van der Waals surface area contributed by atoms with Crippen molar-refractivity contribution < 1.29 is 9.21 Å². The van der Waals surface area contributed by atoms with Gasteiger partial charge in [-0.3, -0.25) is 4.79 Å². The van der Waals surface area contributed by atoms with Gasteiger partial charge in [0.05, 0.1) is 11.4 Å². The molecule has 0 aliphatic rings. The van der Waals surface area contributed by atoms with Gasteiger partial charge in [-0.05, 0) is 34.5 Å². The van der Waals surface area contributed by atoms with Gasteiger partial charge in [0.2, 0.25) is 11.8 Å². The third-order valence-corrected chi connectivity index (χ3v) is 3.90. The average molecular weight is 356 g/mol. The molecule has 106 valence electrons. The van der Waals surface area contributed by atoms with Crippen LogP contribution in [0.3, 0.4) is 0 Å². The molecule has 1 heterocycles. The van der Waals surface area contributed by atoms with E-state index in [1.54, 1.807) is 0 Å². The number of rotatable bonds is 6. The van der Waals surface area contributed by atoms with Crippen molar-refractivity contribution >= 4 is 39.3 Å². The van der Waals surface area contributed by atoms with E-state index in [2.05, 4.69) is 31.4 Å². The fourth-order valence-electron chi connectivity index (χ4n) is 1.49. The first kappa shape index (κ1) is 15.1. The molecule has 1 N–H and O–H groups in total. The number of aryl methyl sites for hydroxylation is 1. The van der Waals surface area contributed by atoms with Crippen LogP contribution in [0, 0.1) is 0 Å². The van der Waals surface area contributed by atoms with Gasteiger partial charge in [0, 0.05) is 10.9 Å². The van der Waals surface area contributed by atoms with Crippen LogP contribution >= 0.6 is 27.7 Å². The highest BCUT2D eigenvalue weighted by Crippen LogP contribution is 2.22. The Labute approximate surface area is 129 Å². The molecule has 0 aliphatic carbocycles. The molecule has 5 nitrogen and oxygen atoms in total. The third-order valence-electron chi connectivity index (χ3n) is 2.39. The highest BCUT2D eigenvalue weighted by atomic mass is 79.9. The first-order chi connectivity index (χ1) is 9.69. The molecule has 0 spiro atoms. The molecule has 0 aliphatic heterocycles. The maximum Gasteiger partial charge on any atom is 0.277 e.